The van der Waals surface area contributed by atoms with Crippen LogP contribution in [-0.4, -0.2) is 78.5 Å². The molecule has 2 aromatic heterocycles. The molecule has 0 aliphatic carbocycles. The summed E-state index contributed by atoms with van der Waals surface area (Å²) in [5.74, 6) is -4.85. The molecule has 5 N–H and O–H groups in total. The topological polar surface area (TPSA) is 223 Å². The molecule has 0 radical (unpaired) electrons. The molecule has 1 fully saturated rings. The molecule has 4 heterocycles. The molecule has 184 valence electrons. The number of aromatic nitrogens is 3. The number of nitrogens with zero attached hydrogens (tertiary/aromatic N) is 5. The molecule has 35 heavy (non-hydrogen) atoms. The number of β-lactam (4-membered cyclic amide) rings is 1. The van der Waals surface area contributed by atoms with Crippen LogP contribution in [0.25, 0.3) is 0 Å². The lowest BCUT2D eigenvalue weighted by Crippen LogP contribution is -2.61. The van der Waals surface area contributed by atoms with E-state index in [1.165, 1.54) is 7.11 Å². The average Bonchev–Trinajstić information content (AvgIpc) is 3.45. The average molecular weight is 542 g/mol. The fourth-order valence-corrected chi connectivity index (χ4v) is 6.66. The molecule has 0 aromatic carbocycles. The van der Waals surface area contributed by atoms with E-state index in [4.69, 9.17) is 15.3 Å². The van der Waals surface area contributed by atoms with Gasteiger partial charge in [0, 0.05) is 16.7 Å². The Hall–Kier alpha value is -3.64. The molecule has 2 aliphatic rings. The summed E-state index contributed by atoms with van der Waals surface area (Å²) in [5.41, 5.74) is 5.77. The number of fused-ring (bicyclic) bond motifs is 1. The van der Waals surface area contributed by atoms with E-state index in [-0.39, 0.29) is 39.5 Å². The number of nitrogen functional groups attached to an aromatic ring is 1. The molecule has 2 atom stereocenters. The van der Waals surface area contributed by atoms with Crippen molar-refractivity contribution in [2.75, 3.05) is 18.6 Å². The number of aromatic carboxylic acids is 1. The molecule has 1 saturated heterocycles. The van der Waals surface area contributed by atoms with E-state index in [2.05, 4.69) is 30.5 Å². The minimum atomic E-state index is -1.58. The Labute approximate surface area is 207 Å². The van der Waals surface area contributed by atoms with Gasteiger partial charge in [0.2, 0.25) is 5.91 Å². The predicted molar refractivity (Wildman–Crippen MR) is 121 cm³/mol. The minimum absolute atomic E-state index is 0.0386. The number of carboxylic acid groups (broad SMARTS) is 2. The summed E-state index contributed by atoms with van der Waals surface area (Å²) in [4.78, 5) is 56.9. The zero-order valence-corrected chi connectivity index (χ0v) is 20.0. The lowest BCUT2D eigenvalue weighted by atomic mass is 9.98. The number of nitrogens with one attached hydrogen (secondary N) is 1. The number of anilines is 1. The monoisotopic (exact) mass is 541 g/mol. The molecule has 2 aliphatic heterocycles. The molecule has 2 amide bonds. The lowest BCUT2D eigenvalue weighted by molar-refractivity contribution is -0.146. The molecule has 15 nitrogen and oxygen atoms in total. The van der Waals surface area contributed by atoms with Crippen LogP contribution < -0.4 is 11.1 Å². The van der Waals surface area contributed by atoms with Crippen molar-refractivity contribution in [3.63, 3.8) is 0 Å². The zero-order valence-electron chi connectivity index (χ0n) is 17.5. The first-order chi connectivity index (χ1) is 16.7. The standard InChI is InChI=1S/C17H15N7O8S3/c1-31-19-3-8(25)21-17(7-5-33-15(18)20-7)6(4-34-16-23-22-12(32-16)14(29)30)11(13(27)28)24-9(26)2-10(24)35-17/h3,5,10H,2,4H2,1H3,(H2,18,20)(H,21,25)(H,27,28)(H,29,30)/t10-,17?/m0/s1. The summed E-state index contributed by atoms with van der Waals surface area (Å²) in [6.45, 7) is 0. The highest BCUT2D eigenvalue weighted by atomic mass is 32.2. The van der Waals surface area contributed by atoms with Gasteiger partial charge in [-0.15, -0.1) is 16.4 Å². The molecule has 0 bridgehead atoms. The van der Waals surface area contributed by atoms with Crippen LogP contribution in [0.1, 0.15) is 22.8 Å². The largest absolute Gasteiger partial charge is 0.477 e. The number of thioether (sulfide) groups is 2. The highest BCUT2D eigenvalue weighted by Crippen LogP contribution is 2.55. The number of hydrogen-bond acceptors (Lipinski definition) is 14. The van der Waals surface area contributed by atoms with Gasteiger partial charge in [-0.25, -0.2) is 14.6 Å². The number of thiazole rings is 1. The van der Waals surface area contributed by atoms with E-state index in [0.29, 0.717) is 0 Å². The second kappa shape index (κ2) is 9.55. The molecule has 0 spiro atoms. The van der Waals surface area contributed by atoms with Crippen LogP contribution in [0, 0.1) is 0 Å². The van der Waals surface area contributed by atoms with Gasteiger partial charge in [-0.1, -0.05) is 33.8 Å². The number of carbonyl (C=O) groups excluding carboxylic acids is 2. The quantitative estimate of drug-likeness (QED) is 0.143. The third-order valence-electron chi connectivity index (χ3n) is 4.76. The normalized spacial score (nSPS) is 21.6. The second-order valence-electron chi connectivity index (χ2n) is 6.80. The Bertz CT molecular complexity index is 1270. The SMILES string of the molecule is CON=CC(=O)NC1(c2csc(N)n2)S[C@H]2CC(=O)N2C(C(=O)O)=C1CSc1nnc(C(=O)O)o1. The van der Waals surface area contributed by atoms with E-state index in [0.717, 1.165) is 46.0 Å². The van der Waals surface area contributed by atoms with Gasteiger partial charge in [-0.3, -0.25) is 14.5 Å². The van der Waals surface area contributed by atoms with Crippen molar-refractivity contribution < 1.29 is 38.6 Å². The zero-order chi connectivity index (χ0) is 25.3. The van der Waals surface area contributed by atoms with Crippen LogP contribution in [0.5, 0.6) is 0 Å². The lowest BCUT2D eigenvalue weighted by Gasteiger charge is -2.51. The van der Waals surface area contributed by atoms with E-state index in [1.54, 1.807) is 5.38 Å². The molecule has 4 rings (SSSR count). The second-order valence-corrected chi connectivity index (χ2v) is 10.0. The Morgan fingerprint density at radius 3 is 2.77 bits per heavy atom. The summed E-state index contributed by atoms with van der Waals surface area (Å²) in [6, 6.07) is 0. The number of hydrogen-bond donors (Lipinski definition) is 4. The number of oxime groups is 1. The van der Waals surface area contributed by atoms with Gasteiger partial charge < -0.3 is 30.5 Å². The first-order valence-corrected chi connectivity index (χ1v) is 12.2. The van der Waals surface area contributed by atoms with Crippen LogP contribution in [0.2, 0.25) is 0 Å². The Balaban J connectivity index is 1.85. The van der Waals surface area contributed by atoms with E-state index >= 15 is 0 Å². The minimum Gasteiger partial charge on any atom is -0.477 e. The van der Waals surface area contributed by atoms with Crippen molar-refractivity contribution in [2.24, 2.45) is 5.16 Å². The van der Waals surface area contributed by atoms with Crippen molar-refractivity contribution >= 4 is 70.0 Å². The van der Waals surface area contributed by atoms with Crippen molar-refractivity contribution in [1.29, 1.82) is 0 Å². The maximum atomic E-state index is 12.7. The summed E-state index contributed by atoms with van der Waals surface area (Å²) < 4.78 is 5.05. The first-order valence-electron chi connectivity index (χ1n) is 9.42. The number of nitrogens with two attached hydrogens (primary N) is 1. The van der Waals surface area contributed by atoms with E-state index < -0.39 is 39.9 Å². The van der Waals surface area contributed by atoms with Crippen LogP contribution >= 0.6 is 34.9 Å². The number of carbonyl (C=O) groups is 4. The molecular weight excluding hydrogens is 526 g/mol. The first kappa shape index (κ1) is 24.5. The summed E-state index contributed by atoms with van der Waals surface area (Å²) >= 11 is 3.00. The maximum Gasteiger partial charge on any atom is 0.393 e. The highest BCUT2D eigenvalue weighted by molar-refractivity contribution is 8.01. The van der Waals surface area contributed by atoms with Gasteiger partial charge >= 0.3 is 17.8 Å². The summed E-state index contributed by atoms with van der Waals surface area (Å²) in [7, 11) is 1.24. The van der Waals surface area contributed by atoms with Gasteiger partial charge in [-0.05, 0) is 0 Å². The van der Waals surface area contributed by atoms with Gasteiger partial charge in [0.05, 0.1) is 17.5 Å². The molecule has 1 unspecified atom stereocenters. The number of rotatable bonds is 9. The fraction of sp³-hybridized carbons (Fsp3) is 0.294. The van der Waals surface area contributed by atoms with E-state index in [1.807, 2.05) is 0 Å². The van der Waals surface area contributed by atoms with Crippen LogP contribution in [0.15, 0.2) is 31.4 Å². The number of aliphatic carboxylic acids is 1. The van der Waals surface area contributed by atoms with Gasteiger partial charge in [0.25, 0.3) is 11.1 Å². The fourth-order valence-electron chi connectivity index (χ4n) is 3.37. The molecule has 2 aromatic rings. The Morgan fingerprint density at radius 1 is 1.43 bits per heavy atom. The number of carboxylic acids is 2. The smallest absolute Gasteiger partial charge is 0.393 e. The predicted octanol–water partition coefficient (Wildman–Crippen LogP) is 0.144. The Kier molecular flexibility index (Phi) is 6.68. The van der Waals surface area contributed by atoms with Gasteiger partial charge in [-0.2, -0.15) is 0 Å². The van der Waals surface area contributed by atoms with Crippen molar-refractivity contribution in [1.82, 2.24) is 25.4 Å². The van der Waals surface area contributed by atoms with Crippen LogP contribution in [0.4, 0.5) is 5.13 Å². The van der Waals surface area contributed by atoms with E-state index in [9.17, 15) is 24.3 Å². The third kappa shape index (κ3) is 4.54. The summed E-state index contributed by atoms with van der Waals surface area (Å²) in [5, 5.41) is 33.3. The summed E-state index contributed by atoms with van der Waals surface area (Å²) in [6.07, 6.45) is 0.898. The number of amides is 2. The highest BCUT2D eigenvalue weighted by Gasteiger charge is 2.57. The molecule has 18 heteroatoms. The van der Waals surface area contributed by atoms with Crippen molar-refractivity contribution in [3.8, 4) is 0 Å². The molecular formula is C17H15N7O8S3. The van der Waals surface area contributed by atoms with Crippen molar-refractivity contribution in [2.45, 2.75) is 21.9 Å². The van der Waals surface area contributed by atoms with Gasteiger partial charge in [0.15, 0.2) is 10.0 Å². The van der Waals surface area contributed by atoms with Gasteiger partial charge in [0.1, 0.15) is 19.0 Å². The third-order valence-corrected chi connectivity index (χ3v) is 7.84. The molecule has 0 saturated carbocycles. The van der Waals surface area contributed by atoms with Crippen LogP contribution in [-0.2, 0) is 24.1 Å². The van der Waals surface area contributed by atoms with Crippen molar-refractivity contribution in [3.05, 3.63) is 28.2 Å². The Morgan fingerprint density at radius 2 is 2.20 bits per heavy atom. The maximum absolute atomic E-state index is 12.7. The van der Waals surface area contributed by atoms with Crippen LogP contribution in [0.3, 0.4) is 0 Å².